The van der Waals surface area contributed by atoms with Gasteiger partial charge in [0.2, 0.25) is 0 Å². The number of nitrogens with zero attached hydrogens (tertiary/aromatic N) is 1. The zero-order valence-corrected chi connectivity index (χ0v) is 11.0. The van der Waals surface area contributed by atoms with E-state index in [1.165, 1.54) is 12.0 Å². The Kier molecular flexibility index (Phi) is 4.36. The summed E-state index contributed by atoms with van der Waals surface area (Å²) in [5.74, 6) is 0. The maximum absolute atomic E-state index is 5.92. The SMILES string of the molecule is CN(CCC(C)(C)C)Cc1ccccc1N. The smallest absolute Gasteiger partial charge is 0.0359 e. The predicted molar refractivity (Wildman–Crippen MR) is 71.3 cm³/mol. The number of para-hydroxylation sites is 1. The first-order chi connectivity index (χ1) is 7.38. The quantitative estimate of drug-likeness (QED) is 0.790. The van der Waals surface area contributed by atoms with Gasteiger partial charge in [-0.1, -0.05) is 39.0 Å². The first-order valence-corrected chi connectivity index (χ1v) is 5.90. The molecule has 0 radical (unpaired) electrons. The number of nitrogens with two attached hydrogens (primary N) is 1. The normalized spacial score (nSPS) is 12.1. The van der Waals surface area contributed by atoms with Crippen molar-refractivity contribution in [2.24, 2.45) is 5.41 Å². The highest BCUT2D eigenvalue weighted by molar-refractivity contribution is 5.46. The summed E-state index contributed by atoms with van der Waals surface area (Å²) in [5.41, 5.74) is 8.44. The highest BCUT2D eigenvalue weighted by atomic mass is 15.1. The summed E-state index contributed by atoms with van der Waals surface area (Å²) >= 11 is 0. The number of anilines is 1. The van der Waals surface area contributed by atoms with E-state index in [0.29, 0.717) is 5.41 Å². The lowest BCUT2D eigenvalue weighted by molar-refractivity contribution is 0.259. The maximum Gasteiger partial charge on any atom is 0.0359 e. The van der Waals surface area contributed by atoms with Crippen LogP contribution in [0.3, 0.4) is 0 Å². The summed E-state index contributed by atoms with van der Waals surface area (Å²) in [4.78, 5) is 2.33. The molecule has 2 N–H and O–H groups in total. The molecule has 0 saturated carbocycles. The number of rotatable bonds is 4. The molecule has 0 heterocycles. The summed E-state index contributed by atoms with van der Waals surface area (Å²) in [7, 11) is 2.15. The minimum atomic E-state index is 0.399. The molecular weight excluding hydrogens is 196 g/mol. The van der Waals surface area contributed by atoms with Crippen LogP contribution < -0.4 is 5.73 Å². The van der Waals surface area contributed by atoms with Gasteiger partial charge in [0.05, 0.1) is 0 Å². The lowest BCUT2D eigenvalue weighted by Gasteiger charge is -2.23. The number of benzene rings is 1. The summed E-state index contributed by atoms with van der Waals surface area (Å²) in [6.07, 6.45) is 1.20. The third-order valence-corrected chi connectivity index (χ3v) is 2.74. The molecule has 0 aromatic heterocycles. The molecule has 90 valence electrons. The maximum atomic E-state index is 5.92. The van der Waals surface area contributed by atoms with Crippen LogP contribution in [-0.2, 0) is 6.54 Å². The van der Waals surface area contributed by atoms with Gasteiger partial charge in [-0.25, -0.2) is 0 Å². The molecule has 0 aliphatic carbocycles. The highest BCUT2D eigenvalue weighted by Crippen LogP contribution is 2.19. The lowest BCUT2D eigenvalue weighted by Crippen LogP contribution is -2.23. The fourth-order valence-electron chi connectivity index (χ4n) is 1.57. The Morgan fingerprint density at radius 3 is 2.38 bits per heavy atom. The molecule has 16 heavy (non-hydrogen) atoms. The van der Waals surface area contributed by atoms with Crippen LogP contribution in [0.15, 0.2) is 24.3 Å². The van der Waals surface area contributed by atoms with Crippen molar-refractivity contribution in [2.45, 2.75) is 33.7 Å². The number of nitrogen functional groups attached to an aromatic ring is 1. The lowest BCUT2D eigenvalue weighted by atomic mass is 9.92. The van der Waals surface area contributed by atoms with Crippen LogP contribution >= 0.6 is 0 Å². The van der Waals surface area contributed by atoms with E-state index >= 15 is 0 Å². The molecule has 0 aliphatic heterocycles. The summed E-state index contributed by atoms with van der Waals surface area (Å²) < 4.78 is 0. The molecule has 0 saturated heterocycles. The van der Waals surface area contributed by atoms with Crippen molar-refractivity contribution in [3.8, 4) is 0 Å². The van der Waals surface area contributed by atoms with Crippen LogP contribution in [0.1, 0.15) is 32.8 Å². The minimum absolute atomic E-state index is 0.399. The van der Waals surface area contributed by atoms with E-state index in [1.54, 1.807) is 0 Å². The standard InChI is InChI=1S/C14H24N2/c1-14(2,3)9-10-16(4)11-12-7-5-6-8-13(12)15/h5-8H,9-11,15H2,1-4H3. The zero-order valence-electron chi connectivity index (χ0n) is 11.0. The number of hydrogen-bond acceptors (Lipinski definition) is 2. The van der Waals surface area contributed by atoms with Crippen molar-refractivity contribution in [1.82, 2.24) is 4.90 Å². The van der Waals surface area contributed by atoms with Gasteiger partial charge in [-0.05, 0) is 37.1 Å². The molecule has 1 aromatic rings. The Labute approximate surface area is 99.5 Å². The summed E-state index contributed by atoms with van der Waals surface area (Å²) in [6, 6.07) is 8.09. The molecular formula is C14H24N2. The van der Waals surface area contributed by atoms with Crippen LogP contribution in [-0.4, -0.2) is 18.5 Å². The largest absolute Gasteiger partial charge is 0.398 e. The van der Waals surface area contributed by atoms with E-state index in [1.807, 2.05) is 18.2 Å². The van der Waals surface area contributed by atoms with Crippen molar-refractivity contribution in [1.29, 1.82) is 0 Å². The third-order valence-electron chi connectivity index (χ3n) is 2.74. The molecule has 0 bridgehead atoms. The second-order valence-electron chi connectivity index (χ2n) is 5.75. The van der Waals surface area contributed by atoms with Gasteiger partial charge in [-0.2, -0.15) is 0 Å². The summed E-state index contributed by atoms with van der Waals surface area (Å²) in [5, 5.41) is 0. The molecule has 2 nitrogen and oxygen atoms in total. The number of hydrogen-bond donors (Lipinski definition) is 1. The van der Waals surface area contributed by atoms with Crippen LogP contribution in [0, 0.1) is 5.41 Å². The van der Waals surface area contributed by atoms with Crippen LogP contribution in [0.5, 0.6) is 0 Å². The molecule has 0 fully saturated rings. The van der Waals surface area contributed by atoms with E-state index in [4.69, 9.17) is 5.73 Å². The van der Waals surface area contributed by atoms with E-state index in [-0.39, 0.29) is 0 Å². The first kappa shape index (κ1) is 13.0. The van der Waals surface area contributed by atoms with Crippen molar-refractivity contribution in [3.63, 3.8) is 0 Å². The average molecular weight is 220 g/mol. The van der Waals surface area contributed by atoms with Gasteiger partial charge >= 0.3 is 0 Å². The van der Waals surface area contributed by atoms with Crippen molar-refractivity contribution in [3.05, 3.63) is 29.8 Å². The second kappa shape index (κ2) is 5.35. The predicted octanol–water partition coefficient (Wildman–Crippen LogP) is 3.14. The Hall–Kier alpha value is -1.02. The van der Waals surface area contributed by atoms with Gasteiger partial charge in [0.25, 0.3) is 0 Å². The fraction of sp³-hybridized carbons (Fsp3) is 0.571. The molecule has 2 heteroatoms. The fourth-order valence-corrected chi connectivity index (χ4v) is 1.57. The van der Waals surface area contributed by atoms with E-state index in [2.05, 4.69) is 38.8 Å². The van der Waals surface area contributed by atoms with Crippen molar-refractivity contribution >= 4 is 5.69 Å². The molecule has 0 atom stereocenters. The topological polar surface area (TPSA) is 29.3 Å². The van der Waals surface area contributed by atoms with E-state index < -0.39 is 0 Å². The molecule has 0 spiro atoms. The van der Waals surface area contributed by atoms with Gasteiger partial charge < -0.3 is 10.6 Å². The van der Waals surface area contributed by atoms with Crippen LogP contribution in [0.25, 0.3) is 0 Å². The van der Waals surface area contributed by atoms with E-state index in [9.17, 15) is 0 Å². The summed E-state index contributed by atoms with van der Waals surface area (Å²) in [6.45, 7) is 8.87. The highest BCUT2D eigenvalue weighted by Gasteiger charge is 2.11. The Bertz CT molecular complexity index is 326. The monoisotopic (exact) mass is 220 g/mol. The zero-order chi connectivity index (χ0) is 12.2. The third kappa shape index (κ3) is 4.67. The molecule has 0 amide bonds. The van der Waals surface area contributed by atoms with Gasteiger partial charge in [0.15, 0.2) is 0 Å². The Morgan fingerprint density at radius 2 is 1.81 bits per heavy atom. The van der Waals surface area contributed by atoms with Crippen LogP contribution in [0.4, 0.5) is 5.69 Å². The Morgan fingerprint density at radius 1 is 1.19 bits per heavy atom. The van der Waals surface area contributed by atoms with Crippen molar-refractivity contribution < 1.29 is 0 Å². The molecule has 0 aliphatic rings. The average Bonchev–Trinajstić information content (AvgIpc) is 2.18. The molecule has 0 unspecified atom stereocenters. The van der Waals surface area contributed by atoms with Crippen molar-refractivity contribution in [2.75, 3.05) is 19.3 Å². The van der Waals surface area contributed by atoms with Gasteiger partial charge in [-0.3, -0.25) is 0 Å². The van der Waals surface area contributed by atoms with Gasteiger partial charge in [0.1, 0.15) is 0 Å². The first-order valence-electron chi connectivity index (χ1n) is 5.90. The van der Waals surface area contributed by atoms with E-state index in [0.717, 1.165) is 18.8 Å². The molecule has 1 aromatic carbocycles. The van der Waals surface area contributed by atoms with Gasteiger partial charge in [-0.15, -0.1) is 0 Å². The van der Waals surface area contributed by atoms with Gasteiger partial charge in [0, 0.05) is 12.2 Å². The second-order valence-corrected chi connectivity index (χ2v) is 5.75. The van der Waals surface area contributed by atoms with Crippen LogP contribution in [0.2, 0.25) is 0 Å². The Balaban J connectivity index is 2.46. The minimum Gasteiger partial charge on any atom is -0.398 e. The molecule has 1 rings (SSSR count).